The Morgan fingerprint density at radius 2 is 1.82 bits per heavy atom. The fourth-order valence-corrected chi connectivity index (χ4v) is 9.45. The quantitative estimate of drug-likeness (QED) is 0.417. The van der Waals surface area contributed by atoms with Crippen LogP contribution >= 0.6 is 0 Å². The van der Waals surface area contributed by atoms with Gasteiger partial charge in [0.2, 0.25) is 0 Å². The van der Waals surface area contributed by atoms with Crippen LogP contribution in [0.4, 0.5) is 0 Å². The van der Waals surface area contributed by atoms with E-state index in [1.165, 1.54) is 0 Å². The van der Waals surface area contributed by atoms with Gasteiger partial charge in [-0.15, -0.1) is 0 Å². The van der Waals surface area contributed by atoms with Crippen molar-refractivity contribution in [2.75, 3.05) is 13.2 Å². The summed E-state index contributed by atoms with van der Waals surface area (Å²) in [5.74, 6) is -1.91. The van der Waals surface area contributed by atoms with Crippen molar-refractivity contribution in [2.45, 2.75) is 101 Å². The smallest absolute Gasteiger partial charge is 0.331 e. The summed E-state index contributed by atoms with van der Waals surface area (Å²) in [4.78, 5) is 11.8. The molecule has 4 aliphatic carbocycles. The van der Waals surface area contributed by atoms with Crippen LogP contribution in [0.1, 0.15) is 65.7 Å². The average molecular weight is 479 g/mol. The Morgan fingerprint density at radius 3 is 2.53 bits per heavy atom. The van der Waals surface area contributed by atoms with Crippen LogP contribution in [0.5, 0.6) is 0 Å². The van der Waals surface area contributed by atoms with Crippen molar-refractivity contribution in [3.63, 3.8) is 0 Å². The lowest BCUT2D eigenvalue weighted by molar-refractivity contribution is -0.401. The lowest BCUT2D eigenvalue weighted by Gasteiger charge is -2.70. The summed E-state index contributed by atoms with van der Waals surface area (Å²) in [6.07, 6.45) is 2.81. The first kappa shape index (κ1) is 23.4. The van der Waals surface area contributed by atoms with E-state index in [1.807, 2.05) is 20.8 Å². The van der Waals surface area contributed by atoms with Gasteiger partial charge in [-0.05, 0) is 63.4 Å². The van der Waals surface area contributed by atoms with Crippen molar-refractivity contribution in [3.8, 4) is 0 Å². The van der Waals surface area contributed by atoms with Gasteiger partial charge in [0.1, 0.15) is 6.61 Å². The highest BCUT2D eigenvalue weighted by Crippen LogP contribution is 2.71. The maximum Gasteiger partial charge on any atom is 0.331 e. The molecule has 0 aromatic heterocycles. The van der Waals surface area contributed by atoms with Crippen LogP contribution in [-0.2, 0) is 19.0 Å². The molecule has 34 heavy (non-hydrogen) atoms. The molecule has 0 aromatic rings. The predicted octanol–water partition coefficient (Wildman–Crippen LogP) is 1.43. The first-order chi connectivity index (χ1) is 15.9. The maximum atomic E-state index is 12.4. The highest BCUT2D eigenvalue weighted by molar-refractivity contribution is 5.85. The fraction of sp³-hybridized carbons (Fsp3) is 0.885. The van der Waals surface area contributed by atoms with E-state index in [0.717, 1.165) is 12.0 Å². The van der Waals surface area contributed by atoms with E-state index in [0.29, 0.717) is 32.1 Å². The molecule has 6 rings (SSSR count). The van der Waals surface area contributed by atoms with Crippen LogP contribution in [0, 0.1) is 28.6 Å². The standard InChI is InChI=1S/C26H38O8/c1-22(2)33-13-25-19(34-22)9-15(27)10-24(25,30)6-4-17-21(25)18(28)11-23(3)16(5-7-26(17,23)31)14-8-20(29)32-12-14/h8,15-19,21,27-28,30-31H,4-7,9-13H2,1-3H3/t15-,16-,17-,18-,19-,21-,23-,24+,25+,26-/m0/s1. The first-order valence-electron chi connectivity index (χ1n) is 12.9. The maximum absolute atomic E-state index is 12.4. The molecule has 2 aliphatic heterocycles. The summed E-state index contributed by atoms with van der Waals surface area (Å²) in [5, 5.41) is 46.9. The van der Waals surface area contributed by atoms with Crippen molar-refractivity contribution in [1.29, 1.82) is 0 Å². The minimum Gasteiger partial charge on any atom is -0.458 e. The van der Waals surface area contributed by atoms with Crippen molar-refractivity contribution in [1.82, 2.24) is 0 Å². The van der Waals surface area contributed by atoms with E-state index in [2.05, 4.69) is 0 Å². The summed E-state index contributed by atoms with van der Waals surface area (Å²) >= 11 is 0. The zero-order chi connectivity index (χ0) is 24.3. The van der Waals surface area contributed by atoms with Crippen LogP contribution in [0.2, 0.25) is 0 Å². The van der Waals surface area contributed by atoms with Gasteiger partial charge in [-0.1, -0.05) is 6.92 Å². The summed E-state index contributed by atoms with van der Waals surface area (Å²) in [7, 11) is 0. The molecule has 6 aliphatic rings. The van der Waals surface area contributed by atoms with Crippen molar-refractivity contribution in [3.05, 3.63) is 11.6 Å². The Morgan fingerprint density at radius 1 is 1.06 bits per heavy atom. The van der Waals surface area contributed by atoms with Crippen LogP contribution in [0.15, 0.2) is 11.6 Å². The lowest BCUT2D eigenvalue weighted by atomic mass is 9.40. The molecule has 4 saturated carbocycles. The Bertz CT molecular complexity index is 932. The predicted molar refractivity (Wildman–Crippen MR) is 119 cm³/mol. The molecular weight excluding hydrogens is 440 g/mol. The third kappa shape index (κ3) is 2.78. The minimum absolute atomic E-state index is 0.0420. The van der Waals surface area contributed by atoms with E-state index >= 15 is 0 Å². The van der Waals surface area contributed by atoms with Gasteiger partial charge in [0.05, 0.1) is 41.5 Å². The molecule has 0 bridgehead atoms. The molecule has 1 saturated heterocycles. The fourth-order valence-electron chi connectivity index (χ4n) is 9.45. The second-order valence-electron chi connectivity index (χ2n) is 12.7. The zero-order valence-corrected chi connectivity index (χ0v) is 20.3. The highest BCUT2D eigenvalue weighted by Gasteiger charge is 2.76. The average Bonchev–Trinajstić information content (AvgIpc) is 3.26. The Kier molecular flexibility index (Phi) is 4.84. The van der Waals surface area contributed by atoms with Crippen LogP contribution in [0.3, 0.4) is 0 Å². The molecule has 4 N–H and O–H groups in total. The SMILES string of the molecule is CC1(C)OC[C@@]23[C@@H]4[C@@H](O)C[C@@]5(C)[C@H](C6=CC(=O)OC6)CC[C@]5(O)[C@H]4CC[C@@]2(O)C[C@@H](O)C[C@@H]3O1. The summed E-state index contributed by atoms with van der Waals surface area (Å²) in [5.41, 5.74) is -2.92. The van der Waals surface area contributed by atoms with Crippen molar-refractivity contribution in [2.24, 2.45) is 28.6 Å². The number of aliphatic hydroxyl groups is 4. The van der Waals surface area contributed by atoms with Gasteiger partial charge in [0, 0.05) is 30.3 Å². The Labute approximate surface area is 200 Å². The summed E-state index contributed by atoms with van der Waals surface area (Å²) < 4.78 is 17.7. The monoisotopic (exact) mass is 478 g/mol. The first-order valence-corrected chi connectivity index (χ1v) is 12.9. The molecule has 1 spiro atoms. The molecule has 2 heterocycles. The third-order valence-corrected chi connectivity index (χ3v) is 10.8. The Hall–Kier alpha value is -1.03. The van der Waals surface area contributed by atoms with Gasteiger partial charge in [-0.25, -0.2) is 4.79 Å². The number of fused-ring (bicyclic) bond motifs is 3. The molecule has 5 fully saturated rings. The van der Waals surface area contributed by atoms with E-state index in [4.69, 9.17) is 14.2 Å². The van der Waals surface area contributed by atoms with Crippen molar-refractivity contribution >= 4 is 5.97 Å². The van der Waals surface area contributed by atoms with E-state index in [-0.39, 0.29) is 37.4 Å². The van der Waals surface area contributed by atoms with Crippen LogP contribution in [-0.4, -0.2) is 74.9 Å². The largest absolute Gasteiger partial charge is 0.458 e. The van der Waals surface area contributed by atoms with E-state index in [9.17, 15) is 25.2 Å². The normalized spacial score (nSPS) is 56.0. The number of aliphatic hydroxyl groups excluding tert-OH is 2. The molecule has 0 amide bonds. The van der Waals surface area contributed by atoms with Gasteiger partial charge in [-0.2, -0.15) is 0 Å². The second kappa shape index (κ2) is 7.05. The van der Waals surface area contributed by atoms with Gasteiger partial charge in [0.15, 0.2) is 5.79 Å². The number of ether oxygens (including phenoxy) is 3. The third-order valence-electron chi connectivity index (χ3n) is 10.8. The summed E-state index contributed by atoms with van der Waals surface area (Å²) in [6.45, 7) is 6.19. The highest BCUT2D eigenvalue weighted by atomic mass is 16.7. The molecule has 190 valence electrons. The van der Waals surface area contributed by atoms with Gasteiger partial charge in [0.25, 0.3) is 0 Å². The van der Waals surface area contributed by atoms with Gasteiger partial charge < -0.3 is 34.6 Å². The zero-order valence-electron chi connectivity index (χ0n) is 20.3. The molecule has 10 atom stereocenters. The minimum atomic E-state index is -1.25. The van der Waals surface area contributed by atoms with Crippen LogP contribution in [0.25, 0.3) is 0 Å². The number of hydrogen-bond donors (Lipinski definition) is 4. The number of carbonyl (C=O) groups is 1. The van der Waals surface area contributed by atoms with E-state index in [1.54, 1.807) is 6.08 Å². The number of carbonyl (C=O) groups excluding carboxylic acids is 1. The number of hydrogen-bond acceptors (Lipinski definition) is 8. The number of rotatable bonds is 1. The van der Waals surface area contributed by atoms with Crippen LogP contribution < -0.4 is 0 Å². The van der Waals surface area contributed by atoms with Gasteiger partial charge in [-0.3, -0.25) is 0 Å². The van der Waals surface area contributed by atoms with Crippen molar-refractivity contribution < 1.29 is 39.4 Å². The molecule has 0 radical (unpaired) electrons. The molecule has 0 aromatic carbocycles. The topological polar surface area (TPSA) is 126 Å². The number of esters is 1. The summed E-state index contributed by atoms with van der Waals surface area (Å²) in [6, 6.07) is 0. The lowest BCUT2D eigenvalue weighted by Crippen LogP contribution is -2.78. The Balaban J connectivity index is 1.43. The number of cyclic esters (lactones) is 1. The molecule has 0 unspecified atom stereocenters. The molecule has 8 heteroatoms. The second-order valence-corrected chi connectivity index (χ2v) is 12.7. The van der Waals surface area contributed by atoms with E-state index < -0.39 is 52.0 Å². The molecular formula is C26H38O8. The molecule has 8 nitrogen and oxygen atoms in total. The van der Waals surface area contributed by atoms with Gasteiger partial charge >= 0.3 is 5.97 Å².